The van der Waals surface area contributed by atoms with Crippen LogP contribution in [0.5, 0.6) is 0 Å². The Bertz CT molecular complexity index is 539. The van der Waals surface area contributed by atoms with E-state index < -0.39 is 15.6 Å². The molecule has 5 N–H and O–H groups in total. The van der Waals surface area contributed by atoms with Gasteiger partial charge in [-0.05, 0) is 38.6 Å². The first-order chi connectivity index (χ1) is 8.78. The molecule has 0 heterocycles. The molecule has 1 atom stereocenters. The van der Waals surface area contributed by atoms with Crippen LogP contribution < -0.4 is 15.8 Å². The normalized spacial score (nSPS) is 14.9. The van der Waals surface area contributed by atoms with Crippen molar-refractivity contribution in [1.82, 2.24) is 4.72 Å². The molecule has 0 amide bonds. The zero-order valence-corrected chi connectivity index (χ0v) is 12.2. The third-order valence-corrected chi connectivity index (χ3v) is 4.58. The summed E-state index contributed by atoms with van der Waals surface area (Å²) in [5.74, 6) is 0. The van der Waals surface area contributed by atoms with Gasteiger partial charge < -0.3 is 16.2 Å². The number of benzene rings is 1. The Morgan fingerprint density at radius 2 is 2.05 bits per heavy atom. The number of nitrogen functional groups attached to an aromatic ring is 1. The molecular weight excluding hydrogens is 266 g/mol. The average Bonchev–Trinajstić information content (AvgIpc) is 2.40. The molecule has 1 aromatic rings. The van der Waals surface area contributed by atoms with Crippen LogP contribution >= 0.6 is 0 Å². The SMILES string of the molecule is CCC(C)(CO)Nc1ccc(S(=O)(=O)NC)cc1N. The van der Waals surface area contributed by atoms with Crippen LogP contribution in [0.4, 0.5) is 11.4 Å². The first-order valence-corrected chi connectivity index (χ1v) is 7.48. The molecule has 19 heavy (non-hydrogen) atoms. The minimum Gasteiger partial charge on any atom is -0.397 e. The van der Waals surface area contributed by atoms with Crippen molar-refractivity contribution in [2.45, 2.75) is 30.7 Å². The molecule has 0 bridgehead atoms. The van der Waals surface area contributed by atoms with Crippen LogP contribution in [-0.4, -0.2) is 32.7 Å². The predicted molar refractivity (Wildman–Crippen MR) is 76.5 cm³/mol. The molecule has 0 radical (unpaired) electrons. The van der Waals surface area contributed by atoms with Crippen LogP contribution in [0, 0.1) is 0 Å². The van der Waals surface area contributed by atoms with Gasteiger partial charge in [-0.1, -0.05) is 6.92 Å². The van der Waals surface area contributed by atoms with E-state index in [2.05, 4.69) is 10.0 Å². The highest BCUT2D eigenvalue weighted by Crippen LogP contribution is 2.26. The van der Waals surface area contributed by atoms with E-state index in [1.165, 1.54) is 19.2 Å². The number of hydrogen-bond donors (Lipinski definition) is 4. The molecule has 108 valence electrons. The van der Waals surface area contributed by atoms with Crippen molar-refractivity contribution in [2.24, 2.45) is 0 Å². The van der Waals surface area contributed by atoms with Crippen molar-refractivity contribution in [3.8, 4) is 0 Å². The minimum absolute atomic E-state index is 0.0422. The van der Waals surface area contributed by atoms with Gasteiger partial charge in [0, 0.05) is 0 Å². The van der Waals surface area contributed by atoms with Gasteiger partial charge in [0.2, 0.25) is 10.0 Å². The van der Waals surface area contributed by atoms with E-state index in [-0.39, 0.29) is 11.5 Å². The molecule has 1 aromatic carbocycles. The number of anilines is 2. The molecule has 6 nitrogen and oxygen atoms in total. The van der Waals surface area contributed by atoms with Gasteiger partial charge in [-0.2, -0.15) is 0 Å². The van der Waals surface area contributed by atoms with Crippen LogP contribution in [0.15, 0.2) is 23.1 Å². The Morgan fingerprint density at radius 3 is 2.47 bits per heavy atom. The molecule has 0 aliphatic carbocycles. The first kappa shape index (κ1) is 15.7. The standard InChI is InChI=1S/C12H21N3O3S/c1-4-12(2,8-16)15-11-6-5-9(7-10(11)13)19(17,18)14-3/h5-7,14-16H,4,8,13H2,1-3H3. The highest BCUT2D eigenvalue weighted by Gasteiger charge is 2.22. The van der Waals surface area contributed by atoms with E-state index in [1.807, 2.05) is 13.8 Å². The maximum Gasteiger partial charge on any atom is 0.240 e. The molecule has 0 aromatic heterocycles. The predicted octanol–water partition coefficient (Wildman–Crippen LogP) is 0.750. The summed E-state index contributed by atoms with van der Waals surface area (Å²) in [7, 11) is -2.15. The molecule has 1 unspecified atom stereocenters. The lowest BCUT2D eigenvalue weighted by Gasteiger charge is -2.29. The van der Waals surface area contributed by atoms with Crippen LogP contribution in [-0.2, 0) is 10.0 Å². The Kier molecular flexibility index (Phi) is 4.78. The van der Waals surface area contributed by atoms with Gasteiger partial charge in [0.1, 0.15) is 0 Å². The highest BCUT2D eigenvalue weighted by atomic mass is 32.2. The van der Waals surface area contributed by atoms with E-state index in [1.54, 1.807) is 6.07 Å². The van der Waals surface area contributed by atoms with Gasteiger partial charge in [-0.15, -0.1) is 0 Å². The first-order valence-electron chi connectivity index (χ1n) is 6.00. The number of rotatable bonds is 6. The monoisotopic (exact) mass is 287 g/mol. The quantitative estimate of drug-likeness (QED) is 0.578. The van der Waals surface area contributed by atoms with Gasteiger partial charge in [0.15, 0.2) is 0 Å². The van der Waals surface area contributed by atoms with E-state index in [4.69, 9.17) is 5.73 Å². The second kappa shape index (κ2) is 5.77. The van der Waals surface area contributed by atoms with E-state index in [0.29, 0.717) is 17.8 Å². The summed E-state index contributed by atoms with van der Waals surface area (Å²) in [6.07, 6.45) is 0.708. The van der Waals surface area contributed by atoms with E-state index >= 15 is 0 Å². The largest absolute Gasteiger partial charge is 0.397 e. The summed E-state index contributed by atoms with van der Waals surface area (Å²) in [5.41, 5.74) is 6.29. The number of nitrogens with one attached hydrogen (secondary N) is 2. The molecule has 7 heteroatoms. The van der Waals surface area contributed by atoms with Crippen molar-refractivity contribution in [2.75, 3.05) is 24.7 Å². The summed E-state index contributed by atoms with van der Waals surface area (Å²) >= 11 is 0. The van der Waals surface area contributed by atoms with E-state index in [0.717, 1.165) is 0 Å². The Labute approximate surface area is 114 Å². The molecule has 0 aliphatic rings. The van der Waals surface area contributed by atoms with Crippen molar-refractivity contribution < 1.29 is 13.5 Å². The topological polar surface area (TPSA) is 104 Å². The molecule has 1 rings (SSSR count). The summed E-state index contributed by atoms with van der Waals surface area (Å²) in [5, 5.41) is 12.5. The lowest BCUT2D eigenvalue weighted by Crippen LogP contribution is -2.38. The number of aliphatic hydroxyl groups excluding tert-OH is 1. The summed E-state index contributed by atoms with van der Waals surface area (Å²) in [6, 6.07) is 4.46. The zero-order valence-electron chi connectivity index (χ0n) is 11.4. The third-order valence-electron chi connectivity index (χ3n) is 3.17. The third kappa shape index (κ3) is 3.59. The van der Waals surface area contributed by atoms with Crippen LogP contribution in [0.1, 0.15) is 20.3 Å². The lowest BCUT2D eigenvalue weighted by molar-refractivity contribution is 0.219. The number of nitrogens with two attached hydrogens (primary N) is 1. The van der Waals surface area contributed by atoms with Gasteiger partial charge >= 0.3 is 0 Å². The van der Waals surface area contributed by atoms with Crippen molar-refractivity contribution in [3.05, 3.63) is 18.2 Å². The smallest absolute Gasteiger partial charge is 0.240 e. The van der Waals surface area contributed by atoms with Crippen molar-refractivity contribution in [3.63, 3.8) is 0 Å². The van der Waals surface area contributed by atoms with Gasteiger partial charge in [0.25, 0.3) is 0 Å². The molecule has 0 spiro atoms. The highest BCUT2D eigenvalue weighted by molar-refractivity contribution is 7.89. The fourth-order valence-electron chi connectivity index (χ4n) is 1.50. The Hall–Kier alpha value is -1.31. The van der Waals surface area contributed by atoms with Crippen LogP contribution in [0.3, 0.4) is 0 Å². The summed E-state index contributed by atoms with van der Waals surface area (Å²) in [6.45, 7) is 3.77. The number of sulfonamides is 1. The van der Waals surface area contributed by atoms with Gasteiger partial charge in [0.05, 0.1) is 28.4 Å². The molecule has 0 aliphatic heterocycles. The minimum atomic E-state index is -3.50. The van der Waals surface area contributed by atoms with E-state index in [9.17, 15) is 13.5 Å². The van der Waals surface area contributed by atoms with Crippen LogP contribution in [0.25, 0.3) is 0 Å². The van der Waals surface area contributed by atoms with Crippen molar-refractivity contribution in [1.29, 1.82) is 0 Å². The van der Waals surface area contributed by atoms with Gasteiger partial charge in [-0.3, -0.25) is 0 Å². The number of aliphatic hydroxyl groups is 1. The van der Waals surface area contributed by atoms with Gasteiger partial charge in [-0.25, -0.2) is 13.1 Å². The lowest BCUT2D eigenvalue weighted by atomic mass is 9.99. The average molecular weight is 287 g/mol. The Morgan fingerprint density at radius 1 is 1.42 bits per heavy atom. The maximum absolute atomic E-state index is 11.6. The molecule has 0 saturated heterocycles. The summed E-state index contributed by atoms with van der Waals surface area (Å²) in [4.78, 5) is 0.111. The zero-order chi connectivity index (χ0) is 14.7. The maximum atomic E-state index is 11.6. The Balaban J connectivity index is 3.09. The summed E-state index contributed by atoms with van der Waals surface area (Å²) < 4.78 is 25.5. The molecule has 0 fully saturated rings. The fraction of sp³-hybridized carbons (Fsp3) is 0.500. The second-order valence-electron chi connectivity index (χ2n) is 4.65. The molecule has 0 saturated carbocycles. The fourth-order valence-corrected chi connectivity index (χ4v) is 2.27. The molecular formula is C12H21N3O3S. The number of hydrogen-bond acceptors (Lipinski definition) is 5. The second-order valence-corrected chi connectivity index (χ2v) is 6.54. The van der Waals surface area contributed by atoms with Crippen molar-refractivity contribution >= 4 is 21.4 Å². The van der Waals surface area contributed by atoms with Crippen LogP contribution in [0.2, 0.25) is 0 Å².